The fourth-order valence-corrected chi connectivity index (χ4v) is 1.90. The van der Waals surface area contributed by atoms with Crippen LogP contribution in [-0.2, 0) is 9.53 Å². The number of hydrogen-bond donors (Lipinski definition) is 0. The van der Waals surface area contributed by atoms with E-state index in [1.54, 1.807) is 0 Å². The smallest absolute Gasteiger partial charge is 0.331 e. The highest BCUT2D eigenvalue weighted by molar-refractivity contribution is 6.48. The van der Waals surface area contributed by atoms with E-state index in [1.807, 2.05) is 0 Å². The van der Waals surface area contributed by atoms with Crippen LogP contribution in [0.15, 0.2) is 24.8 Å². The van der Waals surface area contributed by atoms with Gasteiger partial charge in [0.05, 0.1) is 15.1 Å². The topological polar surface area (TPSA) is 26.3 Å². The number of carbonyl (C=O) groups is 1. The summed E-state index contributed by atoms with van der Waals surface area (Å²) in [5.41, 5.74) is -0.666. The van der Waals surface area contributed by atoms with Crippen LogP contribution in [0, 0.1) is 0 Å². The zero-order chi connectivity index (χ0) is 12.3. The molecule has 0 aliphatic heterocycles. The van der Waals surface area contributed by atoms with Crippen LogP contribution in [0.5, 0.6) is 0 Å². The Morgan fingerprint density at radius 1 is 1.31 bits per heavy atom. The molecule has 0 N–H and O–H groups in total. The first-order valence-electron chi connectivity index (χ1n) is 4.08. The van der Waals surface area contributed by atoms with Gasteiger partial charge in [-0.25, -0.2) is 4.79 Å². The number of benzene rings is 1. The third-order valence-corrected chi connectivity index (χ3v) is 3.33. The Morgan fingerprint density at radius 2 is 1.94 bits per heavy atom. The molecule has 1 rings (SSSR count). The van der Waals surface area contributed by atoms with Gasteiger partial charge in [0.15, 0.2) is 0 Å². The molecule has 1 unspecified atom stereocenters. The van der Waals surface area contributed by atoms with E-state index in [9.17, 15) is 4.79 Å². The maximum atomic E-state index is 10.9. The lowest BCUT2D eigenvalue weighted by Crippen LogP contribution is -2.04. The normalized spacial score (nSPS) is 12.0. The molecular weight excluding hydrogens is 294 g/mol. The molecular formula is C10H6Cl4O2. The monoisotopic (exact) mass is 298 g/mol. The van der Waals surface area contributed by atoms with Gasteiger partial charge in [-0.05, 0) is 6.07 Å². The van der Waals surface area contributed by atoms with Gasteiger partial charge in [0, 0.05) is 11.6 Å². The summed E-state index contributed by atoms with van der Waals surface area (Å²) in [6.45, 7) is 3.25. The lowest BCUT2D eigenvalue weighted by atomic mass is 10.2. The molecule has 16 heavy (non-hydrogen) atoms. The fraction of sp³-hybridized carbons (Fsp3) is 0.100. The van der Waals surface area contributed by atoms with Crippen molar-refractivity contribution in [2.75, 3.05) is 0 Å². The number of carbonyl (C=O) groups excluding carboxylic acids is 1. The Hall–Kier alpha value is -0.410. The molecule has 2 nitrogen and oxygen atoms in total. The summed E-state index contributed by atoms with van der Waals surface area (Å²) in [7, 11) is 0. The van der Waals surface area contributed by atoms with Crippen LogP contribution in [0.25, 0.3) is 0 Å². The van der Waals surface area contributed by atoms with Crippen LogP contribution >= 0.6 is 46.4 Å². The zero-order valence-corrected chi connectivity index (χ0v) is 10.9. The standard InChI is InChI=1S/C10H6Cl4O2/c1-2-7(15)16-10(14)5-3-4-6(11)9(13)8(5)12/h2-4,10H,1H2. The van der Waals surface area contributed by atoms with Crippen LogP contribution < -0.4 is 0 Å². The van der Waals surface area contributed by atoms with Crippen LogP contribution in [-0.4, -0.2) is 5.97 Å². The third-order valence-electron chi connectivity index (χ3n) is 1.70. The van der Waals surface area contributed by atoms with E-state index >= 15 is 0 Å². The molecule has 0 heterocycles. The molecule has 6 heteroatoms. The summed E-state index contributed by atoms with van der Waals surface area (Å²) in [4.78, 5) is 10.9. The van der Waals surface area contributed by atoms with Crippen LogP contribution in [0.4, 0.5) is 0 Å². The van der Waals surface area contributed by atoms with Crippen molar-refractivity contribution in [3.05, 3.63) is 45.4 Å². The molecule has 0 saturated carbocycles. The van der Waals surface area contributed by atoms with Crippen molar-refractivity contribution < 1.29 is 9.53 Å². The minimum Gasteiger partial charge on any atom is -0.438 e. The molecule has 0 bridgehead atoms. The number of alkyl halides is 1. The molecule has 0 aromatic heterocycles. The second-order valence-electron chi connectivity index (χ2n) is 2.72. The molecule has 0 radical (unpaired) electrons. The van der Waals surface area contributed by atoms with E-state index in [0.29, 0.717) is 10.6 Å². The van der Waals surface area contributed by atoms with Crippen molar-refractivity contribution >= 4 is 52.4 Å². The Bertz CT molecular complexity index is 431. The van der Waals surface area contributed by atoms with Gasteiger partial charge in [0.2, 0.25) is 5.56 Å². The summed E-state index contributed by atoms with van der Waals surface area (Å²) in [6.07, 6.45) is 1.00. The molecule has 1 aromatic rings. The molecule has 0 saturated heterocycles. The van der Waals surface area contributed by atoms with Crippen LogP contribution in [0.1, 0.15) is 11.1 Å². The number of halogens is 4. The van der Waals surface area contributed by atoms with Crippen molar-refractivity contribution in [1.29, 1.82) is 0 Å². The summed E-state index contributed by atoms with van der Waals surface area (Å²) < 4.78 is 4.78. The van der Waals surface area contributed by atoms with Crippen molar-refractivity contribution in [1.82, 2.24) is 0 Å². The summed E-state index contributed by atoms with van der Waals surface area (Å²) >= 11 is 23.3. The quantitative estimate of drug-likeness (QED) is 0.352. The van der Waals surface area contributed by atoms with Crippen molar-refractivity contribution in [2.45, 2.75) is 5.56 Å². The minimum absolute atomic E-state index is 0.158. The zero-order valence-electron chi connectivity index (χ0n) is 7.84. The molecule has 86 valence electrons. The Kier molecular flexibility index (Phi) is 4.93. The maximum Gasteiger partial charge on any atom is 0.331 e. The molecule has 1 aromatic carbocycles. The van der Waals surface area contributed by atoms with Crippen molar-refractivity contribution in [3.8, 4) is 0 Å². The summed E-state index contributed by atoms with van der Waals surface area (Å²) in [5, 5.41) is 0.626. The number of esters is 1. The van der Waals surface area contributed by atoms with E-state index < -0.39 is 11.5 Å². The highest BCUT2D eigenvalue weighted by Gasteiger charge is 2.18. The molecule has 0 amide bonds. The van der Waals surface area contributed by atoms with Gasteiger partial charge in [0.25, 0.3) is 0 Å². The van der Waals surface area contributed by atoms with E-state index in [4.69, 9.17) is 51.1 Å². The first-order valence-corrected chi connectivity index (χ1v) is 5.65. The maximum absolute atomic E-state index is 10.9. The second kappa shape index (κ2) is 5.78. The van der Waals surface area contributed by atoms with Crippen LogP contribution in [0.2, 0.25) is 15.1 Å². The SMILES string of the molecule is C=CC(=O)OC(Cl)c1ccc(Cl)c(Cl)c1Cl. The van der Waals surface area contributed by atoms with E-state index in [2.05, 4.69) is 6.58 Å². The second-order valence-corrected chi connectivity index (χ2v) is 4.28. The number of ether oxygens (including phenoxy) is 1. The molecule has 0 aliphatic carbocycles. The lowest BCUT2D eigenvalue weighted by molar-refractivity contribution is -0.139. The average molecular weight is 300 g/mol. The predicted molar refractivity (Wildman–Crippen MR) is 66.4 cm³/mol. The molecule has 0 aliphatic rings. The van der Waals surface area contributed by atoms with Gasteiger partial charge in [-0.2, -0.15) is 0 Å². The largest absolute Gasteiger partial charge is 0.438 e. The van der Waals surface area contributed by atoms with Gasteiger partial charge in [-0.1, -0.05) is 59.0 Å². The Labute approximate surface area is 113 Å². The summed E-state index contributed by atoms with van der Waals surface area (Å²) in [6, 6.07) is 3.05. The average Bonchev–Trinajstić information content (AvgIpc) is 2.25. The van der Waals surface area contributed by atoms with Crippen molar-refractivity contribution in [2.24, 2.45) is 0 Å². The van der Waals surface area contributed by atoms with Gasteiger partial charge in [-0.15, -0.1) is 0 Å². The van der Waals surface area contributed by atoms with Gasteiger partial charge >= 0.3 is 5.97 Å². The first kappa shape index (κ1) is 13.7. The molecule has 0 fully saturated rings. The fourth-order valence-electron chi connectivity index (χ4n) is 0.930. The minimum atomic E-state index is -1.03. The highest BCUT2D eigenvalue weighted by atomic mass is 35.5. The van der Waals surface area contributed by atoms with Crippen LogP contribution in [0.3, 0.4) is 0 Å². The lowest BCUT2D eigenvalue weighted by Gasteiger charge is -2.13. The Morgan fingerprint density at radius 3 is 2.50 bits per heavy atom. The van der Waals surface area contributed by atoms with Gasteiger partial charge in [0.1, 0.15) is 0 Å². The number of rotatable bonds is 3. The predicted octanol–water partition coefficient (Wildman–Crippen LogP) is 4.61. The summed E-state index contributed by atoms with van der Waals surface area (Å²) in [5.74, 6) is -0.651. The van der Waals surface area contributed by atoms with E-state index in [1.165, 1.54) is 12.1 Å². The van der Waals surface area contributed by atoms with E-state index in [0.717, 1.165) is 6.08 Å². The van der Waals surface area contributed by atoms with Gasteiger partial charge in [-0.3, -0.25) is 0 Å². The Balaban J connectivity index is 3.00. The molecule has 1 atom stereocenters. The first-order chi connectivity index (χ1) is 7.47. The highest BCUT2D eigenvalue weighted by Crippen LogP contribution is 2.37. The van der Waals surface area contributed by atoms with Gasteiger partial charge < -0.3 is 4.74 Å². The number of hydrogen-bond acceptors (Lipinski definition) is 2. The van der Waals surface area contributed by atoms with E-state index in [-0.39, 0.29) is 10.0 Å². The van der Waals surface area contributed by atoms with Crippen molar-refractivity contribution in [3.63, 3.8) is 0 Å². The third kappa shape index (κ3) is 3.05. The molecule has 0 spiro atoms.